The molecule has 7 heteroatoms. The third-order valence-corrected chi connectivity index (χ3v) is 9.14. The van der Waals surface area contributed by atoms with Crippen LogP contribution >= 0.6 is 0 Å². The molecule has 2 aromatic rings. The van der Waals surface area contributed by atoms with Crippen molar-refractivity contribution in [3.63, 3.8) is 0 Å². The van der Waals surface area contributed by atoms with Crippen molar-refractivity contribution in [1.82, 2.24) is 14.8 Å². The first-order valence-corrected chi connectivity index (χ1v) is 14.6. The quantitative estimate of drug-likeness (QED) is 0.415. The Morgan fingerprint density at radius 1 is 1.11 bits per heavy atom. The molecule has 6 rings (SSSR count). The monoisotopic (exact) mass is 521 g/mol. The maximum absolute atomic E-state index is 13.5. The Kier molecular flexibility index (Phi) is 7.06. The molecule has 1 aromatic heterocycles. The zero-order valence-corrected chi connectivity index (χ0v) is 22.8. The van der Waals surface area contributed by atoms with Crippen molar-refractivity contribution in [2.45, 2.75) is 89.3 Å². The number of amides is 1. The van der Waals surface area contributed by atoms with Crippen LogP contribution in [0.15, 0.2) is 30.5 Å². The van der Waals surface area contributed by atoms with Crippen molar-refractivity contribution in [2.75, 3.05) is 26.2 Å². The Morgan fingerprint density at radius 3 is 2.53 bits per heavy atom. The molecule has 1 amide bonds. The SMILES string of the molecule is CCOc1cc(-c2ccc(F)cn2)c(C2CC2)cc1CN1CCC2(CC1)CN(C1CCC(C)CC1)C(=O)O2. The van der Waals surface area contributed by atoms with Gasteiger partial charge in [-0.25, -0.2) is 9.18 Å². The number of likely N-dealkylation sites (tertiary alicyclic amines) is 1. The lowest BCUT2D eigenvalue weighted by atomic mass is 9.85. The molecule has 2 saturated carbocycles. The molecule has 0 radical (unpaired) electrons. The van der Waals surface area contributed by atoms with E-state index >= 15 is 0 Å². The number of nitrogens with zero attached hydrogens (tertiary/aromatic N) is 3. The zero-order chi connectivity index (χ0) is 26.3. The van der Waals surface area contributed by atoms with Gasteiger partial charge in [0, 0.05) is 49.6 Å². The van der Waals surface area contributed by atoms with Crippen molar-refractivity contribution in [1.29, 1.82) is 0 Å². The predicted molar refractivity (Wildman–Crippen MR) is 145 cm³/mol. The lowest BCUT2D eigenvalue weighted by molar-refractivity contribution is -0.00152. The van der Waals surface area contributed by atoms with Gasteiger partial charge in [-0.05, 0) is 87.1 Å². The van der Waals surface area contributed by atoms with Crippen LogP contribution in [0.5, 0.6) is 5.75 Å². The second-order valence-electron chi connectivity index (χ2n) is 12.0. The van der Waals surface area contributed by atoms with Crippen LogP contribution < -0.4 is 4.74 Å². The minimum absolute atomic E-state index is 0.101. The molecule has 0 N–H and O–H groups in total. The summed E-state index contributed by atoms with van der Waals surface area (Å²) in [4.78, 5) is 21.7. The third kappa shape index (κ3) is 5.27. The summed E-state index contributed by atoms with van der Waals surface area (Å²) >= 11 is 0. The van der Waals surface area contributed by atoms with Crippen LogP contribution in [0, 0.1) is 11.7 Å². The van der Waals surface area contributed by atoms with Crippen molar-refractivity contribution >= 4 is 6.09 Å². The first-order valence-electron chi connectivity index (χ1n) is 14.6. The van der Waals surface area contributed by atoms with Gasteiger partial charge in [-0.3, -0.25) is 9.88 Å². The van der Waals surface area contributed by atoms with Gasteiger partial charge < -0.3 is 14.4 Å². The normalized spacial score (nSPS) is 25.6. The molecule has 0 unspecified atom stereocenters. The number of aromatic nitrogens is 1. The first kappa shape index (κ1) is 25.6. The van der Waals surface area contributed by atoms with E-state index in [1.54, 1.807) is 6.07 Å². The molecule has 0 bridgehead atoms. The van der Waals surface area contributed by atoms with Gasteiger partial charge >= 0.3 is 6.09 Å². The van der Waals surface area contributed by atoms with Crippen LogP contribution in [-0.4, -0.2) is 58.8 Å². The molecule has 6 nitrogen and oxygen atoms in total. The van der Waals surface area contributed by atoms with Gasteiger partial charge in [0.05, 0.1) is 25.0 Å². The fraction of sp³-hybridized carbons (Fsp3) is 0.613. The molecule has 4 fully saturated rings. The lowest BCUT2D eigenvalue weighted by Crippen LogP contribution is -2.47. The van der Waals surface area contributed by atoms with Crippen LogP contribution in [0.25, 0.3) is 11.3 Å². The summed E-state index contributed by atoms with van der Waals surface area (Å²) in [5, 5.41) is 0. The van der Waals surface area contributed by atoms with Crippen LogP contribution in [-0.2, 0) is 11.3 Å². The molecular weight excluding hydrogens is 481 g/mol. The standard InChI is InChI=1S/C31H40FN3O3/c1-3-37-29-17-27(28-11-8-24(32)18-33-28)26(22-6-7-22)16-23(29)19-34-14-12-31(13-15-34)20-35(30(36)38-31)25-9-4-21(2)5-10-25/h8,11,16-18,21-22,25H,3-7,9-10,12-15,19-20H2,1-2H3. The average Bonchev–Trinajstić information content (AvgIpc) is 3.71. The van der Waals surface area contributed by atoms with Crippen LogP contribution in [0.4, 0.5) is 9.18 Å². The van der Waals surface area contributed by atoms with Crippen LogP contribution in [0.3, 0.4) is 0 Å². The van der Waals surface area contributed by atoms with E-state index in [1.165, 1.54) is 49.1 Å². The van der Waals surface area contributed by atoms with Crippen molar-refractivity contribution in [3.05, 3.63) is 47.4 Å². The fourth-order valence-corrected chi connectivity index (χ4v) is 6.65. The molecule has 1 aromatic carbocycles. The van der Waals surface area contributed by atoms with E-state index in [1.807, 2.05) is 11.8 Å². The van der Waals surface area contributed by atoms with E-state index in [9.17, 15) is 9.18 Å². The summed E-state index contributed by atoms with van der Waals surface area (Å²) in [6.07, 6.45) is 9.89. The number of hydrogen-bond donors (Lipinski definition) is 0. The van der Waals surface area contributed by atoms with E-state index in [4.69, 9.17) is 9.47 Å². The van der Waals surface area contributed by atoms with Gasteiger partial charge in [0.15, 0.2) is 0 Å². The van der Waals surface area contributed by atoms with E-state index in [0.29, 0.717) is 18.6 Å². The van der Waals surface area contributed by atoms with E-state index in [2.05, 4.69) is 28.9 Å². The number of rotatable bonds is 7. The number of benzene rings is 1. The van der Waals surface area contributed by atoms with Gasteiger partial charge in [-0.2, -0.15) is 0 Å². The van der Waals surface area contributed by atoms with E-state index < -0.39 is 0 Å². The molecule has 0 atom stereocenters. The molecule has 2 aliphatic carbocycles. The van der Waals surface area contributed by atoms with Gasteiger partial charge in [-0.1, -0.05) is 6.92 Å². The molecule has 4 aliphatic rings. The van der Waals surface area contributed by atoms with Crippen LogP contribution in [0.1, 0.15) is 82.3 Å². The summed E-state index contributed by atoms with van der Waals surface area (Å²) < 4.78 is 25.7. The summed E-state index contributed by atoms with van der Waals surface area (Å²) in [5.74, 6) is 1.85. The van der Waals surface area contributed by atoms with Gasteiger partial charge in [-0.15, -0.1) is 0 Å². The number of ether oxygens (including phenoxy) is 2. The highest BCUT2D eigenvalue weighted by atomic mass is 19.1. The Labute approximate surface area is 225 Å². The second kappa shape index (κ2) is 10.5. The number of carbonyl (C=O) groups is 1. The predicted octanol–water partition coefficient (Wildman–Crippen LogP) is 6.53. The van der Waals surface area contributed by atoms with Crippen molar-refractivity contribution < 1.29 is 18.7 Å². The summed E-state index contributed by atoms with van der Waals surface area (Å²) in [6, 6.07) is 7.99. The van der Waals surface area contributed by atoms with Crippen molar-refractivity contribution in [3.8, 4) is 17.0 Å². The maximum Gasteiger partial charge on any atom is 0.410 e. The molecular formula is C31H40FN3O3. The van der Waals surface area contributed by atoms with Crippen molar-refractivity contribution in [2.24, 2.45) is 5.92 Å². The minimum atomic E-state index is -0.337. The molecule has 3 heterocycles. The number of piperidine rings is 1. The molecule has 2 saturated heterocycles. The third-order valence-electron chi connectivity index (χ3n) is 9.14. The van der Waals surface area contributed by atoms with Crippen LogP contribution in [0.2, 0.25) is 0 Å². The average molecular weight is 522 g/mol. The number of carbonyl (C=O) groups excluding carboxylic acids is 1. The number of hydrogen-bond acceptors (Lipinski definition) is 5. The maximum atomic E-state index is 13.5. The minimum Gasteiger partial charge on any atom is -0.494 e. The largest absolute Gasteiger partial charge is 0.494 e. The molecule has 2 aliphatic heterocycles. The van der Waals surface area contributed by atoms with Gasteiger partial charge in [0.2, 0.25) is 0 Å². The molecule has 204 valence electrons. The lowest BCUT2D eigenvalue weighted by Gasteiger charge is -2.38. The number of pyridine rings is 1. The summed E-state index contributed by atoms with van der Waals surface area (Å²) in [5.41, 5.74) is 3.99. The smallest absolute Gasteiger partial charge is 0.410 e. The van der Waals surface area contributed by atoms with E-state index in [-0.39, 0.29) is 17.5 Å². The highest BCUT2D eigenvalue weighted by Gasteiger charge is 2.49. The molecule has 1 spiro atoms. The van der Waals surface area contributed by atoms with Gasteiger partial charge in [0.25, 0.3) is 0 Å². The highest BCUT2D eigenvalue weighted by Crippen LogP contribution is 2.46. The zero-order valence-electron chi connectivity index (χ0n) is 22.8. The Hall–Kier alpha value is -2.67. The summed E-state index contributed by atoms with van der Waals surface area (Å²) in [7, 11) is 0. The Bertz CT molecular complexity index is 1150. The highest BCUT2D eigenvalue weighted by molar-refractivity contribution is 5.71. The number of halogens is 1. The summed E-state index contributed by atoms with van der Waals surface area (Å²) in [6.45, 7) is 8.25. The fourth-order valence-electron chi connectivity index (χ4n) is 6.65. The van der Waals surface area contributed by atoms with E-state index in [0.717, 1.165) is 74.8 Å². The topological polar surface area (TPSA) is 54.9 Å². The Balaban J connectivity index is 1.16. The first-order chi connectivity index (χ1) is 18.4. The van der Waals surface area contributed by atoms with Gasteiger partial charge in [0.1, 0.15) is 17.2 Å². The molecule has 38 heavy (non-hydrogen) atoms. The Morgan fingerprint density at radius 2 is 1.87 bits per heavy atom. The second-order valence-corrected chi connectivity index (χ2v) is 12.0.